The molecule has 0 aliphatic carbocycles. The van der Waals surface area contributed by atoms with Crippen LogP contribution in [0, 0.1) is 5.41 Å². The predicted octanol–water partition coefficient (Wildman–Crippen LogP) is -0.156. The van der Waals surface area contributed by atoms with Crippen LogP contribution >= 0.6 is 0 Å². The van der Waals surface area contributed by atoms with Gasteiger partial charge >= 0.3 is 0 Å². The first-order valence-electron chi connectivity index (χ1n) is 4.34. The topological polar surface area (TPSA) is 60.8 Å². The van der Waals surface area contributed by atoms with E-state index in [4.69, 9.17) is 5.11 Å². The predicted molar refractivity (Wildman–Crippen MR) is 50.2 cm³/mol. The third-order valence-electron chi connectivity index (χ3n) is 2.19. The summed E-state index contributed by atoms with van der Waals surface area (Å²) in [5.41, 5.74) is -0.827. The molecule has 0 aliphatic rings. The molecule has 1 unspecified atom stereocenters. The number of aliphatic hydroxyl groups excluding tert-OH is 2. The summed E-state index contributed by atoms with van der Waals surface area (Å²) in [5.74, 6) is -0.131. The van der Waals surface area contributed by atoms with E-state index in [1.165, 1.54) is 4.90 Å². The van der Waals surface area contributed by atoms with Crippen LogP contribution in [0.1, 0.15) is 20.3 Å². The molecule has 4 heteroatoms. The molecule has 4 nitrogen and oxygen atoms in total. The Morgan fingerprint density at radius 1 is 1.46 bits per heavy atom. The van der Waals surface area contributed by atoms with Crippen molar-refractivity contribution in [1.29, 1.82) is 0 Å². The Morgan fingerprint density at radius 3 is 2.23 bits per heavy atom. The van der Waals surface area contributed by atoms with Crippen LogP contribution in [-0.2, 0) is 4.79 Å². The smallest absolute Gasteiger partial charge is 0.230 e. The van der Waals surface area contributed by atoms with Crippen molar-refractivity contribution in [3.63, 3.8) is 0 Å². The Hall–Kier alpha value is -0.610. The van der Waals surface area contributed by atoms with Crippen molar-refractivity contribution < 1.29 is 15.0 Å². The van der Waals surface area contributed by atoms with E-state index in [9.17, 15) is 9.90 Å². The standard InChI is InChI=1S/C9H19NO3/c1-9(2,7(12)5-6-11)8(13)10(3)4/h7,11-12H,5-6H2,1-4H3. The molecule has 0 bridgehead atoms. The van der Waals surface area contributed by atoms with E-state index in [1.54, 1.807) is 27.9 Å². The highest BCUT2D eigenvalue weighted by atomic mass is 16.3. The Kier molecular flexibility index (Phi) is 4.36. The average Bonchev–Trinajstić information content (AvgIpc) is 2.03. The molecule has 0 fully saturated rings. The van der Waals surface area contributed by atoms with E-state index in [0.29, 0.717) is 0 Å². The van der Waals surface area contributed by atoms with Gasteiger partial charge in [0, 0.05) is 20.7 Å². The summed E-state index contributed by atoms with van der Waals surface area (Å²) in [5, 5.41) is 18.2. The molecule has 0 heterocycles. The van der Waals surface area contributed by atoms with Crippen molar-refractivity contribution in [2.45, 2.75) is 26.4 Å². The maximum atomic E-state index is 11.6. The Balaban J connectivity index is 4.45. The molecule has 0 radical (unpaired) electrons. The van der Waals surface area contributed by atoms with Crippen molar-refractivity contribution in [1.82, 2.24) is 4.90 Å². The number of carbonyl (C=O) groups excluding carboxylic acids is 1. The monoisotopic (exact) mass is 189 g/mol. The van der Waals surface area contributed by atoms with Crippen LogP contribution in [0.4, 0.5) is 0 Å². The van der Waals surface area contributed by atoms with Gasteiger partial charge in [0.25, 0.3) is 0 Å². The molecule has 1 amide bonds. The summed E-state index contributed by atoms with van der Waals surface area (Å²) in [6, 6.07) is 0. The fraction of sp³-hybridized carbons (Fsp3) is 0.889. The molecule has 13 heavy (non-hydrogen) atoms. The number of aliphatic hydroxyl groups is 2. The summed E-state index contributed by atoms with van der Waals surface area (Å²) >= 11 is 0. The van der Waals surface area contributed by atoms with Gasteiger partial charge in [-0.05, 0) is 20.3 Å². The second-order valence-corrected chi connectivity index (χ2v) is 3.95. The van der Waals surface area contributed by atoms with Gasteiger partial charge in [0.15, 0.2) is 0 Å². The minimum Gasteiger partial charge on any atom is -0.396 e. The minimum absolute atomic E-state index is 0.106. The second kappa shape index (κ2) is 4.58. The van der Waals surface area contributed by atoms with E-state index < -0.39 is 11.5 Å². The van der Waals surface area contributed by atoms with Gasteiger partial charge in [-0.2, -0.15) is 0 Å². The van der Waals surface area contributed by atoms with E-state index in [-0.39, 0.29) is 18.9 Å². The molecular formula is C9H19NO3. The van der Waals surface area contributed by atoms with E-state index in [1.807, 2.05) is 0 Å². The van der Waals surface area contributed by atoms with E-state index >= 15 is 0 Å². The molecule has 0 saturated carbocycles. The Morgan fingerprint density at radius 2 is 1.92 bits per heavy atom. The zero-order valence-corrected chi connectivity index (χ0v) is 8.74. The lowest BCUT2D eigenvalue weighted by atomic mass is 9.83. The summed E-state index contributed by atoms with van der Waals surface area (Å²) in [6.45, 7) is 3.25. The fourth-order valence-electron chi connectivity index (χ4n) is 1.20. The van der Waals surface area contributed by atoms with Gasteiger partial charge < -0.3 is 15.1 Å². The Bertz CT molecular complexity index is 178. The lowest BCUT2D eigenvalue weighted by Gasteiger charge is -2.31. The Labute approximate surface area is 79.2 Å². The third kappa shape index (κ3) is 2.97. The lowest BCUT2D eigenvalue weighted by Crippen LogP contribution is -2.44. The van der Waals surface area contributed by atoms with Gasteiger partial charge in [-0.1, -0.05) is 0 Å². The highest BCUT2D eigenvalue weighted by Gasteiger charge is 2.36. The third-order valence-corrected chi connectivity index (χ3v) is 2.19. The van der Waals surface area contributed by atoms with Crippen molar-refractivity contribution >= 4 is 5.91 Å². The normalized spacial score (nSPS) is 14.0. The van der Waals surface area contributed by atoms with Crippen molar-refractivity contribution in [2.24, 2.45) is 5.41 Å². The molecule has 0 aromatic carbocycles. The molecule has 0 aromatic rings. The number of hydrogen-bond donors (Lipinski definition) is 2. The quantitative estimate of drug-likeness (QED) is 0.646. The summed E-state index contributed by atoms with van der Waals surface area (Å²) in [4.78, 5) is 13.0. The van der Waals surface area contributed by atoms with Crippen LogP contribution in [0.25, 0.3) is 0 Å². The van der Waals surface area contributed by atoms with Crippen LogP contribution in [-0.4, -0.2) is 47.8 Å². The molecule has 0 saturated heterocycles. The number of rotatable bonds is 4. The first-order valence-corrected chi connectivity index (χ1v) is 4.34. The second-order valence-electron chi connectivity index (χ2n) is 3.95. The zero-order chi connectivity index (χ0) is 10.6. The molecular weight excluding hydrogens is 170 g/mol. The summed E-state index contributed by atoms with van der Waals surface area (Å²) < 4.78 is 0. The van der Waals surface area contributed by atoms with Crippen LogP contribution in [0.3, 0.4) is 0 Å². The van der Waals surface area contributed by atoms with Crippen LogP contribution in [0.15, 0.2) is 0 Å². The molecule has 0 aliphatic heterocycles. The minimum atomic E-state index is -0.827. The van der Waals surface area contributed by atoms with Gasteiger partial charge in [0.05, 0.1) is 11.5 Å². The first kappa shape index (κ1) is 12.4. The van der Waals surface area contributed by atoms with Gasteiger partial charge in [-0.25, -0.2) is 0 Å². The van der Waals surface area contributed by atoms with Gasteiger partial charge in [-0.15, -0.1) is 0 Å². The van der Waals surface area contributed by atoms with E-state index in [0.717, 1.165) is 0 Å². The molecule has 0 spiro atoms. The molecule has 0 rings (SSSR count). The van der Waals surface area contributed by atoms with Crippen LogP contribution in [0.2, 0.25) is 0 Å². The molecule has 1 atom stereocenters. The van der Waals surface area contributed by atoms with Crippen LogP contribution < -0.4 is 0 Å². The van der Waals surface area contributed by atoms with E-state index in [2.05, 4.69) is 0 Å². The number of nitrogens with zero attached hydrogens (tertiary/aromatic N) is 1. The lowest BCUT2D eigenvalue weighted by molar-refractivity contribution is -0.144. The molecule has 2 N–H and O–H groups in total. The highest BCUT2D eigenvalue weighted by molar-refractivity contribution is 5.82. The SMILES string of the molecule is CN(C)C(=O)C(C)(C)C(O)CCO. The molecule has 78 valence electrons. The number of hydrogen-bond acceptors (Lipinski definition) is 3. The van der Waals surface area contributed by atoms with Gasteiger partial charge in [0.1, 0.15) is 0 Å². The van der Waals surface area contributed by atoms with Gasteiger partial charge in [0.2, 0.25) is 5.91 Å². The summed E-state index contributed by atoms with van der Waals surface area (Å²) in [7, 11) is 3.30. The maximum absolute atomic E-state index is 11.6. The van der Waals surface area contributed by atoms with Crippen LogP contribution in [0.5, 0.6) is 0 Å². The fourth-order valence-corrected chi connectivity index (χ4v) is 1.20. The maximum Gasteiger partial charge on any atom is 0.230 e. The van der Waals surface area contributed by atoms with Crippen molar-refractivity contribution in [2.75, 3.05) is 20.7 Å². The zero-order valence-electron chi connectivity index (χ0n) is 8.74. The van der Waals surface area contributed by atoms with Gasteiger partial charge in [-0.3, -0.25) is 4.79 Å². The molecule has 0 aromatic heterocycles. The van der Waals surface area contributed by atoms with Crippen molar-refractivity contribution in [3.8, 4) is 0 Å². The average molecular weight is 189 g/mol. The largest absolute Gasteiger partial charge is 0.396 e. The number of carbonyl (C=O) groups is 1. The van der Waals surface area contributed by atoms with Crippen molar-refractivity contribution in [3.05, 3.63) is 0 Å². The highest BCUT2D eigenvalue weighted by Crippen LogP contribution is 2.24. The summed E-state index contributed by atoms with van der Waals surface area (Å²) in [6.07, 6.45) is -0.570. The number of amides is 1. The first-order chi connectivity index (χ1) is 5.84.